The summed E-state index contributed by atoms with van der Waals surface area (Å²) in [6, 6.07) is 5.46. The molecule has 1 aliphatic heterocycles. The molecule has 6 heteroatoms. The maximum absolute atomic E-state index is 12.7. The van der Waals surface area contributed by atoms with E-state index >= 15 is 0 Å². The molecule has 1 fully saturated rings. The van der Waals surface area contributed by atoms with Gasteiger partial charge in [0.25, 0.3) is 0 Å². The summed E-state index contributed by atoms with van der Waals surface area (Å²) in [5, 5.41) is 0. The number of carbonyl (C=O) groups excluding carboxylic acids is 1. The molecule has 0 radical (unpaired) electrons. The number of amides is 1. The minimum Gasteiger partial charge on any atom is -0.338 e. The van der Waals surface area contributed by atoms with Crippen LogP contribution in [-0.2, 0) is 14.8 Å². The monoisotopic (exact) mass is 310 g/mol. The Morgan fingerprint density at radius 2 is 1.81 bits per heavy atom. The molecule has 1 heterocycles. The van der Waals surface area contributed by atoms with E-state index in [2.05, 4.69) is 0 Å². The first kappa shape index (κ1) is 16.0. The van der Waals surface area contributed by atoms with Gasteiger partial charge in [0.1, 0.15) is 0 Å². The molecule has 0 unspecified atom stereocenters. The van der Waals surface area contributed by atoms with Crippen molar-refractivity contribution in [3.05, 3.63) is 29.3 Å². The third-order valence-corrected chi connectivity index (χ3v) is 5.79. The molecule has 0 aliphatic carbocycles. The average molecular weight is 310 g/mol. The van der Waals surface area contributed by atoms with Crippen LogP contribution in [0.15, 0.2) is 23.1 Å². The molecule has 0 bridgehead atoms. The average Bonchev–Trinajstić information content (AvgIpc) is 2.40. The maximum Gasteiger partial charge on any atom is 0.243 e. The Morgan fingerprint density at radius 3 is 2.38 bits per heavy atom. The van der Waals surface area contributed by atoms with Crippen LogP contribution in [0.3, 0.4) is 0 Å². The third kappa shape index (κ3) is 3.11. The van der Waals surface area contributed by atoms with Crippen LogP contribution in [0.5, 0.6) is 0 Å². The number of carbonyl (C=O) groups is 1. The normalized spacial score (nSPS) is 17.6. The highest BCUT2D eigenvalue weighted by molar-refractivity contribution is 7.89. The number of nitrogens with zero attached hydrogens (tertiary/aromatic N) is 2. The highest BCUT2D eigenvalue weighted by Gasteiger charge is 2.34. The minimum absolute atomic E-state index is 0.0755. The van der Waals surface area contributed by atoms with Crippen molar-refractivity contribution >= 4 is 15.9 Å². The Kier molecular flexibility index (Phi) is 4.39. The summed E-state index contributed by atoms with van der Waals surface area (Å²) < 4.78 is 26.8. The lowest BCUT2D eigenvalue weighted by molar-refractivity contribution is -0.135. The summed E-state index contributed by atoms with van der Waals surface area (Å²) in [6.45, 7) is 8.23. The summed E-state index contributed by atoms with van der Waals surface area (Å²) in [4.78, 5) is 14.1. The van der Waals surface area contributed by atoms with Gasteiger partial charge in [-0.25, -0.2) is 8.42 Å². The van der Waals surface area contributed by atoms with E-state index in [1.165, 1.54) is 4.31 Å². The van der Waals surface area contributed by atoms with Gasteiger partial charge >= 0.3 is 0 Å². The molecule has 21 heavy (non-hydrogen) atoms. The minimum atomic E-state index is -3.61. The molecule has 1 aliphatic rings. The van der Waals surface area contributed by atoms with E-state index in [1.54, 1.807) is 24.0 Å². The van der Waals surface area contributed by atoms with Crippen molar-refractivity contribution in [1.82, 2.24) is 9.21 Å². The molecule has 5 nitrogen and oxygen atoms in total. The Balaban J connectivity index is 2.30. The van der Waals surface area contributed by atoms with Crippen molar-refractivity contribution in [3.8, 4) is 0 Å². The quantitative estimate of drug-likeness (QED) is 0.851. The van der Waals surface area contributed by atoms with Crippen molar-refractivity contribution in [2.75, 3.05) is 19.6 Å². The van der Waals surface area contributed by atoms with Crippen LogP contribution in [0.4, 0.5) is 0 Å². The molecule has 1 amide bonds. The topological polar surface area (TPSA) is 57.7 Å². The second kappa shape index (κ2) is 5.77. The molecular weight excluding hydrogens is 288 g/mol. The SMILES string of the molecule is Cc1ccc(C)c(S(=O)(=O)N2CCN(C(C)C)C(=O)C2)c1. The van der Waals surface area contributed by atoms with Gasteiger partial charge in [-0.05, 0) is 44.9 Å². The molecular formula is C15H22N2O3S. The zero-order valence-electron chi connectivity index (χ0n) is 13.0. The van der Waals surface area contributed by atoms with E-state index in [-0.39, 0.29) is 18.5 Å². The van der Waals surface area contributed by atoms with E-state index < -0.39 is 10.0 Å². The fourth-order valence-corrected chi connectivity index (χ4v) is 4.23. The van der Waals surface area contributed by atoms with Crippen molar-refractivity contribution in [2.45, 2.75) is 38.6 Å². The van der Waals surface area contributed by atoms with Gasteiger partial charge in [-0.3, -0.25) is 4.79 Å². The van der Waals surface area contributed by atoms with Gasteiger partial charge in [0.15, 0.2) is 0 Å². The van der Waals surface area contributed by atoms with Crippen LogP contribution in [-0.4, -0.2) is 49.2 Å². The Morgan fingerprint density at radius 1 is 1.14 bits per heavy atom. The highest BCUT2D eigenvalue weighted by Crippen LogP contribution is 2.23. The van der Waals surface area contributed by atoms with Crippen LogP contribution >= 0.6 is 0 Å². The van der Waals surface area contributed by atoms with Gasteiger partial charge in [0.05, 0.1) is 11.4 Å². The van der Waals surface area contributed by atoms with Gasteiger partial charge in [-0.15, -0.1) is 0 Å². The van der Waals surface area contributed by atoms with Gasteiger partial charge in [0, 0.05) is 19.1 Å². The molecule has 2 rings (SSSR count). The summed E-state index contributed by atoms with van der Waals surface area (Å²) in [6.07, 6.45) is 0. The standard InChI is InChI=1S/C15H22N2O3S/c1-11(2)17-8-7-16(10-15(17)18)21(19,20)14-9-12(3)5-6-13(14)4/h5-6,9,11H,7-8,10H2,1-4H3. The van der Waals surface area contributed by atoms with Crippen molar-refractivity contribution in [1.29, 1.82) is 0 Å². The third-order valence-electron chi connectivity index (χ3n) is 3.81. The Bertz CT molecular complexity index is 653. The number of rotatable bonds is 3. The summed E-state index contributed by atoms with van der Waals surface area (Å²) >= 11 is 0. The summed E-state index contributed by atoms with van der Waals surface area (Å²) in [5.41, 5.74) is 1.60. The van der Waals surface area contributed by atoms with Crippen LogP contribution < -0.4 is 0 Å². The van der Waals surface area contributed by atoms with Gasteiger partial charge < -0.3 is 4.90 Å². The summed E-state index contributed by atoms with van der Waals surface area (Å²) in [5.74, 6) is -0.134. The van der Waals surface area contributed by atoms with E-state index in [0.717, 1.165) is 5.56 Å². The van der Waals surface area contributed by atoms with Crippen LogP contribution in [0.2, 0.25) is 0 Å². The fraction of sp³-hybridized carbons (Fsp3) is 0.533. The molecule has 1 aromatic rings. The molecule has 116 valence electrons. The second-order valence-corrected chi connectivity index (χ2v) is 7.69. The van der Waals surface area contributed by atoms with Crippen molar-refractivity contribution in [3.63, 3.8) is 0 Å². The first-order valence-electron chi connectivity index (χ1n) is 7.10. The van der Waals surface area contributed by atoms with Crippen LogP contribution in [0, 0.1) is 13.8 Å². The number of aryl methyl sites for hydroxylation is 2. The van der Waals surface area contributed by atoms with Crippen LogP contribution in [0.1, 0.15) is 25.0 Å². The van der Waals surface area contributed by atoms with Gasteiger partial charge in [-0.1, -0.05) is 12.1 Å². The number of hydrogen-bond donors (Lipinski definition) is 0. The van der Waals surface area contributed by atoms with E-state index in [0.29, 0.717) is 23.5 Å². The van der Waals surface area contributed by atoms with Crippen molar-refractivity contribution < 1.29 is 13.2 Å². The second-order valence-electron chi connectivity index (χ2n) is 5.79. The number of benzene rings is 1. The zero-order valence-corrected chi connectivity index (χ0v) is 13.8. The predicted molar refractivity (Wildman–Crippen MR) is 81.5 cm³/mol. The number of piperazine rings is 1. The molecule has 0 N–H and O–H groups in total. The zero-order chi connectivity index (χ0) is 15.8. The molecule has 0 saturated carbocycles. The molecule has 1 saturated heterocycles. The Hall–Kier alpha value is -1.40. The highest BCUT2D eigenvalue weighted by atomic mass is 32.2. The first-order chi connectivity index (χ1) is 9.73. The van der Waals surface area contributed by atoms with E-state index in [4.69, 9.17) is 0 Å². The molecule has 0 aromatic heterocycles. The molecule has 0 atom stereocenters. The number of sulfonamides is 1. The van der Waals surface area contributed by atoms with Crippen molar-refractivity contribution in [2.24, 2.45) is 0 Å². The Labute approximate surface area is 126 Å². The molecule has 1 aromatic carbocycles. The smallest absolute Gasteiger partial charge is 0.243 e. The lowest BCUT2D eigenvalue weighted by Gasteiger charge is -2.36. The fourth-order valence-electron chi connectivity index (χ4n) is 2.54. The van der Waals surface area contributed by atoms with E-state index in [1.807, 2.05) is 26.8 Å². The summed E-state index contributed by atoms with van der Waals surface area (Å²) in [7, 11) is -3.61. The maximum atomic E-state index is 12.7. The van der Waals surface area contributed by atoms with Gasteiger partial charge in [-0.2, -0.15) is 4.31 Å². The lowest BCUT2D eigenvalue weighted by Crippen LogP contribution is -2.54. The lowest BCUT2D eigenvalue weighted by atomic mass is 10.2. The van der Waals surface area contributed by atoms with Gasteiger partial charge in [0.2, 0.25) is 15.9 Å². The molecule has 0 spiro atoms. The van der Waals surface area contributed by atoms with E-state index in [9.17, 15) is 13.2 Å². The largest absolute Gasteiger partial charge is 0.338 e. The predicted octanol–water partition coefficient (Wildman–Crippen LogP) is 1.54. The van der Waals surface area contributed by atoms with Crippen LogP contribution in [0.25, 0.3) is 0 Å². The first-order valence-corrected chi connectivity index (χ1v) is 8.54. The number of hydrogen-bond acceptors (Lipinski definition) is 3.